The minimum Gasteiger partial charge on any atom is -0.482 e. The number of rotatable bonds is 5. The van der Waals surface area contributed by atoms with Crippen molar-refractivity contribution in [2.24, 2.45) is 0 Å². The largest absolute Gasteiger partial charge is 0.482 e. The molecule has 0 aliphatic heterocycles. The number of carbonyl (C=O) groups is 1. The van der Waals surface area contributed by atoms with Gasteiger partial charge in [-0.25, -0.2) is 0 Å². The van der Waals surface area contributed by atoms with Crippen molar-refractivity contribution in [2.45, 2.75) is 6.92 Å². The van der Waals surface area contributed by atoms with Gasteiger partial charge in [-0.3, -0.25) is 14.9 Å². The van der Waals surface area contributed by atoms with Gasteiger partial charge in [0.15, 0.2) is 6.61 Å². The van der Waals surface area contributed by atoms with Gasteiger partial charge >= 0.3 is 0 Å². The highest BCUT2D eigenvalue weighted by atomic mass is 35.5. The van der Waals surface area contributed by atoms with Gasteiger partial charge in [-0.15, -0.1) is 0 Å². The third kappa shape index (κ3) is 4.58. The monoisotopic (exact) mass is 354 g/mol. The maximum Gasteiger partial charge on any atom is 0.271 e. The van der Waals surface area contributed by atoms with E-state index < -0.39 is 10.8 Å². The fraction of sp³-hybridized carbons (Fsp3) is 0.133. The quantitative estimate of drug-likeness (QED) is 0.643. The number of non-ortho nitro benzene ring substituents is 1. The van der Waals surface area contributed by atoms with Crippen molar-refractivity contribution in [3.05, 3.63) is 62.1 Å². The van der Waals surface area contributed by atoms with E-state index in [2.05, 4.69) is 5.32 Å². The second kappa shape index (κ2) is 7.30. The SMILES string of the molecule is Cc1ccc([N+](=O)[O-])cc1NC(=O)COc1cc(Cl)ccc1Cl. The van der Waals surface area contributed by atoms with E-state index in [4.69, 9.17) is 27.9 Å². The maximum absolute atomic E-state index is 11.9. The number of anilines is 1. The van der Waals surface area contributed by atoms with E-state index in [1.54, 1.807) is 25.1 Å². The number of carbonyl (C=O) groups excluding carboxylic acids is 1. The van der Waals surface area contributed by atoms with Gasteiger partial charge < -0.3 is 10.1 Å². The third-order valence-corrected chi connectivity index (χ3v) is 3.51. The molecule has 0 radical (unpaired) electrons. The molecule has 2 aromatic rings. The Kier molecular flexibility index (Phi) is 5.41. The summed E-state index contributed by atoms with van der Waals surface area (Å²) in [5, 5.41) is 14.1. The lowest BCUT2D eigenvalue weighted by atomic mass is 10.2. The van der Waals surface area contributed by atoms with E-state index >= 15 is 0 Å². The van der Waals surface area contributed by atoms with E-state index in [0.29, 0.717) is 21.3 Å². The second-order valence-electron chi connectivity index (χ2n) is 4.67. The number of nitro groups is 1. The summed E-state index contributed by atoms with van der Waals surface area (Å²) >= 11 is 11.8. The molecule has 0 saturated heterocycles. The molecule has 0 atom stereocenters. The summed E-state index contributed by atoms with van der Waals surface area (Å²) in [4.78, 5) is 22.2. The first-order chi connectivity index (χ1) is 10.9. The van der Waals surface area contributed by atoms with Gasteiger partial charge in [-0.1, -0.05) is 29.3 Å². The van der Waals surface area contributed by atoms with Gasteiger partial charge in [-0.05, 0) is 24.6 Å². The smallest absolute Gasteiger partial charge is 0.271 e. The lowest BCUT2D eigenvalue weighted by Gasteiger charge is -2.10. The molecule has 0 fully saturated rings. The van der Waals surface area contributed by atoms with E-state index in [0.717, 1.165) is 0 Å². The molecule has 0 aromatic heterocycles. The first-order valence-electron chi connectivity index (χ1n) is 6.49. The molecular formula is C15H12Cl2N2O4. The van der Waals surface area contributed by atoms with E-state index in [1.165, 1.54) is 18.2 Å². The zero-order valence-corrected chi connectivity index (χ0v) is 13.5. The number of aryl methyl sites for hydroxylation is 1. The van der Waals surface area contributed by atoms with Crippen LogP contribution in [0.4, 0.5) is 11.4 Å². The van der Waals surface area contributed by atoms with E-state index in [9.17, 15) is 14.9 Å². The minimum atomic E-state index is -0.530. The van der Waals surface area contributed by atoms with Crippen molar-refractivity contribution < 1.29 is 14.5 Å². The summed E-state index contributed by atoms with van der Waals surface area (Å²) in [6, 6.07) is 8.87. The Bertz CT molecular complexity index is 765. The summed E-state index contributed by atoms with van der Waals surface area (Å²) in [7, 11) is 0. The molecule has 0 bridgehead atoms. The zero-order valence-electron chi connectivity index (χ0n) is 12.0. The number of ether oxygens (including phenoxy) is 1. The van der Waals surface area contributed by atoms with Gasteiger partial charge in [-0.2, -0.15) is 0 Å². The topological polar surface area (TPSA) is 81.5 Å². The molecule has 23 heavy (non-hydrogen) atoms. The average molecular weight is 355 g/mol. The van der Waals surface area contributed by atoms with Crippen LogP contribution in [0.3, 0.4) is 0 Å². The van der Waals surface area contributed by atoms with Crippen LogP contribution < -0.4 is 10.1 Å². The molecule has 1 N–H and O–H groups in total. The first kappa shape index (κ1) is 17.1. The number of amides is 1. The van der Waals surface area contributed by atoms with E-state index in [1.807, 2.05) is 0 Å². The Morgan fingerprint density at radius 2 is 2.00 bits per heavy atom. The molecular weight excluding hydrogens is 343 g/mol. The number of nitro benzene ring substituents is 1. The number of nitrogens with zero attached hydrogens (tertiary/aromatic N) is 1. The maximum atomic E-state index is 11.9. The Hall–Kier alpha value is -2.31. The van der Waals surface area contributed by atoms with Crippen LogP contribution in [0.1, 0.15) is 5.56 Å². The summed E-state index contributed by atoms with van der Waals surface area (Å²) in [5.74, 6) is -0.185. The standard InChI is InChI=1S/C15H12Cl2N2O4/c1-9-2-4-11(19(21)22)7-13(9)18-15(20)8-23-14-6-10(16)3-5-12(14)17/h2-7H,8H2,1H3,(H,18,20). The van der Waals surface area contributed by atoms with Crippen molar-refractivity contribution in [3.8, 4) is 5.75 Å². The van der Waals surface area contributed by atoms with Crippen LogP contribution in [0.25, 0.3) is 0 Å². The number of hydrogen-bond donors (Lipinski definition) is 1. The summed E-state index contributed by atoms with van der Waals surface area (Å²) < 4.78 is 5.31. The van der Waals surface area contributed by atoms with Crippen LogP contribution in [0, 0.1) is 17.0 Å². The lowest BCUT2D eigenvalue weighted by Crippen LogP contribution is -2.20. The fourth-order valence-corrected chi connectivity index (χ4v) is 2.11. The van der Waals surface area contributed by atoms with Gasteiger partial charge in [0, 0.05) is 23.2 Å². The van der Waals surface area contributed by atoms with Gasteiger partial charge in [0.25, 0.3) is 11.6 Å². The number of halogens is 2. The van der Waals surface area contributed by atoms with Crippen molar-refractivity contribution in [1.29, 1.82) is 0 Å². The van der Waals surface area contributed by atoms with Crippen LogP contribution >= 0.6 is 23.2 Å². The second-order valence-corrected chi connectivity index (χ2v) is 5.51. The predicted molar refractivity (Wildman–Crippen MR) is 88.4 cm³/mol. The molecule has 0 unspecified atom stereocenters. The van der Waals surface area contributed by atoms with Crippen LogP contribution in [0.15, 0.2) is 36.4 Å². The molecule has 8 heteroatoms. The molecule has 0 aliphatic carbocycles. The van der Waals surface area contributed by atoms with Gasteiger partial charge in [0.05, 0.1) is 15.6 Å². The first-order valence-corrected chi connectivity index (χ1v) is 7.25. The highest BCUT2D eigenvalue weighted by Gasteiger charge is 2.12. The third-order valence-electron chi connectivity index (χ3n) is 2.96. The fourth-order valence-electron chi connectivity index (χ4n) is 1.78. The zero-order chi connectivity index (χ0) is 17.0. The molecule has 120 valence electrons. The molecule has 2 aromatic carbocycles. The Balaban J connectivity index is 2.04. The average Bonchev–Trinajstić information content (AvgIpc) is 2.50. The molecule has 6 nitrogen and oxygen atoms in total. The van der Waals surface area contributed by atoms with Crippen LogP contribution in [0.5, 0.6) is 5.75 Å². The van der Waals surface area contributed by atoms with Crippen LogP contribution in [0.2, 0.25) is 10.0 Å². The molecule has 2 rings (SSSR count). The number of nitrogens with one attached hydrogen (secondary N) is 1. The Morgan fingerprint density at radius 3 is 2.70 bits per heavy atom. The highest BCUT2D eigenvalue weighted by Crippen LogP contribution is 2.27. The van der Waals surface area contributed by atoms with Gasteiger partial charge in [0.1, 0.15) is 5.75 Å². The van der Waals surface area contributed by atoms with Crippen LogP contribution in [-0.4, -0.2) is 17.4 Å². The summed E-state index contributed by atoms with van der Waals surface area (Å²) in [6.07, 6.45) is 0. The Morgan fingerprint density at radius 1 is 1.26 bits per heavy atom. The molecule has 0 heterocycles. The van der Waals surface area contributed by atoms with Gasteiger partial charge in [0.2, 0.25) is 0 Å². The number of benzene rings is 2. The summed E-state index contributed by atoms with van der Waals surface area (Å²) in [5.41, 5.74) is 0.944. The highest BCUT2D eigenvalue weighted by molar-refractivity contribution is 6.34. The Labute approximate surface area is 142 Å². The van der Waals surface area contributed by atoms with E-state index in [-0.39, 0.29) is 18.0 Å². The van der Waals surface area contributed by atoms with Crippen molar-refractivity contribution in [2.75, 3.05) is 11.9 Å². The predicted octanol–water partition coefficient (Wildman–Crippen LogP) is 4.23. The normalized spacial score (nSPS) is 10.2. The minimum absolute atomic E-state index is 0.107. The van der Waals surface area contributed by atoms with Crippen molar-refractivity contribution in [1.82, 2.24) is 0 Å². The molecule has 0 aliphatic rings. The summed E-state index contributed by atoms with van der Waals surface area (Å²) in [6.45, 7) is 1.43. The lowest BCUT2D eigenvalue weighted by molar-refractivity contribution is -0.384. The molecule has 0 saturated carbocycles. The molecule has 0 spiro atoms. The number of hydrogen-bond acceptors (Lipinski definition) is 4. The van der Waals surface area contributed by atoms with Crippen molar-refractivity contribution >= 4 is 40.5 Å². The van der Waals surface area contributed by atoms with Crippen molar-refractivity contribution in [3.63, 3.8) is 0 Å². The molecule has 1 amide bonds. The van der Waals surface area contributed by atoms with Crippen LogP contribution in [-0.2, 0) is 4.79 Å².